The van der Waals surface area contributed by atoms with Gasteiger partial charge in [0.15, 0.2) is 0 Å². The van der Waals surface area contributed by atoms with E-state index in [4.69, 9.17) is 16.0 Å². The van der Waals surface area contributed by atoms with E-state index in [0.717, 1.165) is 22.9 Å². The third-order valence-corrected chi connectivity index (χ3v) is 4.86. The second-order valence-electron chi connectivity index (χ2n) is 6.78. The highest BCUT2D eigenvalue weighted by Gasteiger charge is 2.17. The first kappa shape index (κ1) is 19.4. The average molecular weight is 388 g/mol. The maximum atomic E-state index is 11.2. The highest BCUT2D eigenvalue weighted by Crippen LogP contribution is 2.26. The van der Waals surface area contributed by atoms with Crippen molar-refractivity contribution in [2.75, 3.05) is 6.54 Å². The minimum atomic E-state index is -1.06. The molecule has 0 aliphatic carbocycles. The van der Waals surface area contributed by atoms with E-state index in [9.17, 15) is 15.0 Å². The molecule has 142 valence electrons. The summed E-state index contributed by atoms with van der Waals surface area (Å²) in [6.45, 7) is 4.21. The van der Waals surface area contributed by atoms with Crippen LogP contribution in [0.4, 0.5) is 0 Å². The van der Waals surface area contributed by atoms with Gasteiger partial charge in [-0.15, -0.1) is 0 Å². The van der Waals surface area contributed by atoms with E-state index < -0.39 is 12.1 Å². The first-order valence-electron chi connectivity index (χ1n) is 8.77. The fourth-order valence-corrected chi connectivity index (χ4v) is 3.37. The van der Waals surface area contributed by atoms with Gasteiger partial charge in [-0.05, 0) is 55.7 Å². The van der Waals surface area contributed by atoms with Crippen LogP contribution in [0, 0.1) is 6.92 Å². The molecule has 1 aromatic heterocycles. The number of halogens is 1. The van der Waals surface area contributed by atoms with Crippen molar-refractivity contribution < 1.29 is 19.4 Å². The molecule has 3 N–H and O–H groups in total. The first-order chi connectivity index (χ1) is 12.8. The Kier molecular flexibility index (Phi) is 5.85. The molecule has 3 aromatic rings. The van der Waals surface area contributed by atoms with Crippen molar-refractivity contribution in [1.82, 2.24) is 5.32 Å². The Bertz CT molecular complexity index is 966. The van der Waals surface area contributed by atoms with Crippen molar-refractivity contribution in [2.24, 2.45) is 0 Å². The zero-order valence-electron chi connectivity index (χ0n) is 15.2. The molecular formula is C21H22ClNO4. The van der Waals surface area contributed by atoms with Gasteiger partial charge in [-0.25, -0.2) is 4.79 Å². The van der Waals surface area contributed by atoms with E-state index in [1.165, 1.54) is 0 Å². The molecule has 2 atom stereocenters. The zero-order valence-corrected chi connectivity index (χ0v) is 16.0. The van der Waals surface area contributed by atoms with Gasteiger partial charge in [-0.3, -0.25) is 0 Å². The molecule has 6 heteroatoms. The van der Waals surface area contributed by atoms with Crippen LogP contribution in [0.3, 0.4) is 0 Å². The van der Waals surface area contributed by atoms with Crippen molar-refractivity contribution >= 4 is 28.5 Å². The van der Waals surface area contributed by atoms with Crippen molar-refractivity contribution in [3.8, 4) is 0 Å². The Hall–Kier alpha value is -2.34. The summed E-state index contributed by atoms with van der Waals surface area (Å²) in [5, 5.41) is 24.2. The van der Waals surface area contributed by atoms with E-state index in [2.05, 4.69) is 5.32 Å². The zero-order chi connectivity index (χ0) is 19.6. The van der Waals surface area contributed by atoms with Crippen LogP contribution in [0.1, 0.15) is 40.3 Å². The molecule has 27 heavy (non-hydrogen) atoms. The lowest BCUT2D eigenvalue weighted by molar-refractivity contribution is 0.0664. The predicted molar refractivity (Wildman–Crippen MR) is 105 cm³/mol. The van der Waals surface area contributed by atoms with Crippen LogP contribution in [0.2, 0.25) is 5.02 Å². The van der Waals surface area contributed by atoms with Crippen LogP contribution in [-0.2, 0) is 6.42 Å². The monoisotopic (exact) mass is 387 g/mol. The molecule has 1 unspecified atom stereocenters. The summed E-state index contributed by atoms with van der Waals surface area (Å²) in [5.74, 6) is -1.08. The molecular weight excluding hydrogens is 366 g/mol. The Morgan fingerprint density at radius 1 is 1.26 bits per heavy atom. The summed E-state index contributed by atoms with van der Waals surface area (Å²) in [7, 11) is 0. The van der Waals surface area contributed by atoms with Gasteiger partial charge in [-0.1, -0.05) is 29.8 Å². The van der Waals surface area contributed by atoms with Crippen molar-refractivity contribution in [2.45, 2.75) is 32.4 Å². The Labute approximate surface area is 162 Å². The minimum absolute atomic E-state index is 0.0158. The number of aryl methyl sites for hydroxylation is 1. The molecule has 1 heterocycles. The van der Waals surface area contributed by atoms with Crippen LogP contribution in [0.15, 0.2) is 46.9 Å². The average Bonchev–Trinajstić information content (AvgIpc) is 2.96. The fourth-order valence-electron chi connectivity index (χ4n) is 3.17. The van der Waals surface area contributed by atoms with Gasteiger partial charge in [0.2, 0.25) is 5.76 Å². The number of aliphatic hydroxyl groups excluding tert-OH is 1. The van der Waals surface area contributed by atoms with Crippen molar-refractivity contribution in [3.05, 3.63) is 69.9 Å². The summed E-state index contributed by atoms with van der Waals surface area (Å²) >= 11 is 5.96. The normalized spacial score (nSPS) is 13.6. The molecule has 0 bridgehead atoms. The third-order valence-electron chi connectivity index (χ3n) is 4.63. The summed E-state index contributed by atoms with van der Waals surface area (Å²) in [5.41, 5.74) is 3.06. The number of fused-ring (bicyclic) bond motifs is 1. The minimum Gasteiger partial charge on any atom is -0.475 e. The number of hydrogen-bond donors (Lipinski definition) is 3. The highest BCUT2D eigenvalue weighted by atomic mass is 35.5. The van der Waals surface area contributed by atoms with Gasteiger partial charge in [0, 0.05) is 28.6 Å². The smallest absolute Gasteiger partial charge is 0.372 e. The molecule has 0 saturated carbocycles. The van der Waals surface area contributed by atoms with E-state index >= 15 is 0 Å². The number of hydrogen-bond acceptors (Lipinski definition) is 4. The molecule has 3 rings (SSSR count). The van der Waals surface area contributed by atoms with Gasteiger partial charge < -0.3 is 19.9 Å². The highest BCUT2D eigenvalue weighted by molar-refractivity contribution is 6.30. The molecule has 2 aromatic carbocycles. The number of aliphatic hydroxyl groups is 1. The Morgan fingerprint density at radius 2 is 2.04 bits per heavy atom. The number of furan rings is 1. The predicted octanol–water partition coefficient (Wildman–Crippen LogP) is 4.35. The quantitative estimate of drug-likeness (QED) is 0.561. The SMILES string of the molecule is Cc1c(C(=O)O)oc2ccc(CC(C)NC[C@H](O)c3cccc(Cl)c3)cc12. The maximum absolute atomic E-state index is 11.2. The summed E-state index contributed by atoms with van der Waals surface area (Å²) in [6, 6.07) is 13.0. The second-order valence-corrected chi connectivity index (χ2v) is 7.21. The number of carboxylic acid groups (broad SMARTS) is 1. The number of carbonyl (C=O) groups is 1. The molecule has 0 amide bonds. The maximum Gasteiger partial charge on any atom is 0.372 e. The van der Waals surface area contributed by atoms with Crippen LogP contribution < -0.4 is 5.32 Å². The standard InChI is InChI=1S/C21H22ClNO4/c1-12(23-11-18(24)15-4-3-5-16(22)10-15)8-14-6-7-19-17(9-14)13(2)20(27-19)21(25)26/h3-7,9-10,12,18,23-24H,8,11H2,1-2H3,(H,25,26)/t12?,18-/m0/s1. The summed E-state index contributed by atoms with van der Waals surface area (Å²) in [4.78, 5) is 11.2. The summed E-state index contributed by atoms with van der Waals surface area (Å²) in [6.07, 6.45) is 0.105. The van der Waals surface area contributed by atoms with E-state index in [1.807, 2.05) is 31.2 Å². The van der Waals surface area contributed by atoms with Gasteiger partial charge >= 0.3 is 5.97 Å². The third kappa shape index (κ3) is 4.50. The lowest BCUT2D eigenvalue weighted by atomic mass is 10.0. The second kappa shape index (κ2) is 8.13. The first-order valence-corrected chi connectivity index (χ1v) is 9.15. The molecule has 0 fully saturated rings. The van der Waals surface area contributed by atoms with Gasteiger partial charge in [0.1, 0.15) is 5.58 Å². The van der Waals surface area contributed by atoms with Gasteiger partial charge in [-0.2, -0.15) is 0 Å². The Morgan fingerprint density at radius 3 is 2.74 bits per heavy atom. The van der Waals surface area contributed by atoms with E-state index in [1.54, 1.807) is 25.1 Å². The van der Waals surface area contributed by atoms with Crippen LogP contribution in [0.5, 0.6) is 0 Å². The lowest BCUT2D eigenvalue weighted by Crippen LogP contribution is -2.32. The van der Waals surface area contributed by atoms with Gasteiger partial charge in [0.05, 0.1) is 6.10 Å². The molecule has 0 spiro atoms. The largest absolute Gasteiger partial charge is 0.475 e. The van der Waals surface area contributed by atoms with Crippen LogP contribution >= 0.6 is 11.6 Å². The van der Waals surface area contributed by atoms with E-state index in [0.29, 0.717) is 22.7 Å². The Balaban J connectivity index is 1.64. The summed E-state index contributed by atoms with van der Waals surface area (Å²) < 4.78 is 5.40. The molecule has 0 aliphatic heterocycles. The number of benzene rings is 2. The van der Waals surface area contributed by atoms with Crippen LogP contribution in [0.25, 0.3) is 11.0 Å². The number of aromatic carboxylic acids is 1. The molecule has 0 radical (unpaired) electrons. The number of rotatable bonds is 7. The topological polar surface area (TPSA) is 82.7 Å². The van der Waals surface area contributed by atoms with Gasteiger partial charge in [0.25, 0.3) is 0 Å². The van der Waals surface area contributed by atoms with E-state index in [-0.39, 0.29) is 11.8 Å². The molecule has 0 aliphatic rings. The number of nitrogens with one attached hydrogen (secondary N) is 1. The fraction of sp³-hybridized carbons (Fsp3) is 0.286. The van der Waals surface area contributed by atoms with Crippen molar-refractivity contribution in [3.63, 3.8) is 0 Å². The lowest BCUT2D eigenvalue weighted by Gasteiger charge is -2.18. The molecule has 5 nitrogen and oxygen atoms in total. The van der Waals surface area contributed by atoms with Crippen LogP contribution in [-0.4, -0.2) is 28.8 Å². The van der Waals surface area contributed by atoms with Crippen molar-refractivity contribution in [1.29, 1.82) is 0 Å². The molecule has 0 saturated heterocycles. The number of carboxylic acids is 1.